The van der Waals surface area contributed by atoms with E-state index in [0.717, 1.165) is 62.0 Å². The Morgan fingerprint density at radius 1 is 0.444 bits per heavy atom. The van der Waals surface area contributed by atoms with Gasteiger partial charge in [-0.2, -0.15) is 0 Å². The molecular weight excluding hydrogens is 673 g/mol. The Bertz CT molecular complexity index is 1150. The molecule has 54 heavy (non-hydrogen) atoms. The molecule has 0 bridgehead atoms. The van der Waals surface area contributed by atoms with Gasteiger partial charge in [-0.15, -0.1) is 0 Å². The van der Waals surface area contributed by atoms with Crippen LogP contribution in [0, 0.1) is 0 Å². The van der Waals surface area contributed by atoms with Crippen LogP contribution in [0.4, 0.5) is 11.4 Å². The number of nitrogens with one attached hydrogen (secondary N) is 2. The Morgan fingerprint density at radius 2 is 0.722 bits per heavy atom. The van der Waals surface area contributed by atoms with Crippen LogP contribution in [0.25, 0.3) is 0 Å². The molecule has 0 radical (unpaired) electrons. The summed E-state index contributed by atoms with van der Waals surface area (Å²) in [7, 11) is 8.24. The second-order valence-corrected chi connectivity index (χ2v) is 16.8. The number of hydrogen-bond donors (Lipinski definition) is 2. The minimum absolute atomic E-state index is 0.0296. The van der Waals surface area contributed by atoms with E-state index in [0.29, 0.717) is 22.1 Å². The van der Waals surface area contributed by atoms with Crippen LogP contribution in [0.2, 0.25) is 0 Å². The smallest absolute Gasteiger partial charge is 0.279 e. The van der Waals surface area contributed by atoms with Crippen molar-refractivity contribution in [3.05, 3.63) is 48.5 Å². The van der Waals surface area contributed by atoms with E-state index in [-0.39, 0.29) is 11.8 Å². The van der Waals surface area contributed by atoms with E-state index in [1.54, 1.807) is 0 Å². The van der Waals surface area contributed by atoms with Gasteiger partial charge in [0.1, 0.15) is 24.6 Å². The highest BCUT2D eigenvalue weighted by molar-refractivity contribution is 5.92. The molecule has 0 saturated heterocycles. The van der Waals surface area contributed by atoms with Crippen molar-refractivity contribution in [2.75, 3.05) is 78.2 Å². The SMILES string of the molecule is CCCCCCCCCCCCOc1ccc(NC(=O)C[N+](C)(C)CC[N+](C)(C)CC(=O)Nc2ccc(OCCCCCCCCCCCC)cc2)cc1. The molecule has 0 fully saturated rings. The third-order valence-electron chi connectivity index (χ3n) is 10.3. The summed E-state index contributed by atoms with van der Waals surface area (Å²) < 4.78 is 12.9. The van der Waals surface area contributed by atoms with Crippen molar-refractivity contribution in [2.24, 2.45) is 0 Å². The minimum Gasteiger partial charge on any atom is -0.494 e. The molecule has 0 aromatic heterocycles. The molecule has 0 heterocycles. The van der Waals surface area contributed by atoms with Crippen LogP contribution in [0.1, 0.15) is 142 Å². The van der Waals surface area contributed by atoms with Gasteiger partial charge < -0.3 is 29.1 Å². The molecule has 0 aliphatic heterocycles. The summed E-state index contributed by atoms with van der Waals surface area (Å²) in [6.07, 6.45) is 26.2. The number of nitrogens with zero attached hydrogens (tertiary/aromatic N) is 2. The summed E-state index contributed by atoms with van der Waals surface area (Å²) in [5.74, 6) is 1.62. The standard InChI is InChI=1S/C46H78N4O4/c1-7-9-11-13-15-17-19-21-23-25-37-53-43-31-27-41(28-32-43)47-45(51)39-49(3,4)35-36-50(5,6)40-46(52)48-42-29-33-44(34-30-42)54-38-26-24-22-20-18-16-14-12-10-8-2/h27-34H,7-26,35-40H2,1-6H3/p+2. The average molecular weight is 753 g/mol. The molecule has 0 aliphatic carbocycles. The first-order chi connectivity index (χ1) is 26.0. The molecule has 2 amide bonds. The molecule has 2 rings (SSSR count). The second-order valence-electron chi connectivity index (χ2n) is 16.8. The number of anilines is 2. The largest absolute Gasteiger partial charge is 0.494 e. The molecule has 2 N–H and O–H groups in total. The van der Waals surface area contributed by atoms with Crippen molar-refractivity contribution in [2.45, 2.75) is 142 Å². The molecule has 306 valence electrons. The van der Waals surface area contributed by atoms with E-state index in [9.17, 15) is 9.59 Å². The van der Waals surface area contributed by atoms with Crippen LogP contribution in [-0.2, 0) is 9.59 Å². The Hall–Kier alpha value is -3.10. The van der Waals surface area contributed by atoms with Gasteiger partial charge in [0, 0.05) is 11.4 Å². The third kappa shape index (κ3) is 24.3. The normalized spacial score (nSPS) is 11.7. The van der Waals surface area contributed by atoms with Crippen LogP contribution in [-0.4, -0.2) is 88.4 Å². The molecule has 0 unspecified atom stereocenters. The van der Waals surface area contributed by atoms with Gasteiger partial charge in [0.15, 0.2) is 13.1 Å². The number of hydrogen-bond acceptors (Lipinski definition) is 4. The lowest BCUT2D eigenvalue weighted by atomic mass is 10.1. The molecule has 2 aromatic carbocycles. The fourth-order valence-corrected chi connectivity index (χ4v) is 6.71. The number of unbranched alkanes of at least 4 members (excludes halogenated alkanes) is 18. The number of amides is 2. The van der Waals surface area contributed by atoms with Gasteiger partial charge in [0.2, 0.25) is 0 Å². The Kier molecular flexibility index (Phi) is 24.7. The van der Waals surface area contributed by atoms with Crippen molar-refractivity contribution in [1.82, 2.24) is 0 Å². The maximum absolute atomic E-state index is 12.9. The first-order valence-corrected chi connectivity index (χ1v) is 21.7. The minimum atomic E-state index is -0.0296. The number of quaternary nitrogens is 2. The van der Waals surface area contributed by atoms with Gasteiger partial charge >= 0.3 is 0 Å². The zero-order chi connectivity index (χ0) is 39.3. The van der Waals surface area contributed by atoms with Gasteiger partial charge in [-0.05, 0) is 61.4 Å². The first kappa shape index (κ1) is 47.1. The summed E-state index contributed by atoms with van der Waals surface area (Å²) in [6.45, 7) is 8.19. The Morgan fingerprint density at radius 3 is 1.02 bits per heavy atom. The van der Waals surface area contributed by atoms with E-state index < -0.39 is 0 Å². The van der Waals surface area contributed by atoms with Crippen LogP contribution in [0.3, 0.4) is 0 Å². The number of rotatable bonds is 33. The summed E-state index contributed by atoms with van der Waals surface area (Å²) >= 11 is 0. The van der Waals surface area contributed by atoms with Crippen molar-refractivity contribution in [3.63, 3.8) is 0 Å². The van der Waals surface area contributed by atoms with Gasteiger partial charge in [0.25, 0.3) is 11.8 Å². The molecule has 0 atom stereocenters. The van der Waals surface area contributed by atoms with E-state index in [4.69, 9.17) is 9.47 Å². The van der Waals surface area contributed by atoms with Gasteiger partial charge in [-0.25, -0.2) is 0 Å². The summed E-state index contributed by atoms with van der Waals surface area (Å²) in [5, 5.41) is 6.08. The predicted molar refractivity (Wildman–Crippen MR) is 229 cm³/mol. The lowest BCUT2D eigenvalue weighted by Crippen LogP contribution is -2.54. The highest BCUT2D eigenvalue weighted by atomic mass is 16.5. The zero-order valence-corrected chi connectivity index (χ0v) is 35.5. The summed E-state index contributed by atoms with van der Waals surface area (Å²) in [6, 6.07) is 15.3. The van der Waals surface area contributed by atoms with Crippen LogP contribution >= 0.6 is 0 Å². The molecule has 0 saturated carbocycles. The van der Waals surface area contributed by atoms with Gasteiger partial charge in [0.05, 0.1) is 41.4 Å². The highest BCUT2D eigenvalue weighted by Crippen LogP contribution is 2.19. The number of carbonyl (C=O) groups is 2. The quantitative estimate of drug-likeness (QED) is 0.0562. The fourth-order valence-electron chi connectivity index (χ4n) is 6.71. The van der Waals surface area contributed by atoms with Crippen molar-refractivity contribution in [3.8, 4) is 11.5 Å². The van der Waals surface area contributed by atoms with Crippen LogP contribution in [0.5, 0.6) is 11.5 Å². The molecule has 8 nitrogen and oxygen atoms in total. The topological polar surface area (TPSA) is 76.7 Å². The monoisotopic (exact) mass is 753 g/mol. The van der Waals surface area contributed by atoms with Gasteiger partial charge in [-0.3, -0.25) is 9.59 Å². The van der Waals surface area contributed by atoms with E-state index >= 15 is 0 Å². The molecule has 0 aliphatic rings. The lowest BCUT2D eigenvalue weighted by molar-refractivity contribution is -0.938. The van der Waals surface area contributed by atoms with Crippen LogP contribution in [0.15, 0.2) is 48.5 Å². The number of carbonyl (C=O) groups excluding carboxylic acids is 2. The maximum Gasteiger partial charge on any atom is 0.279 e. The third-order valence-corrected chi connectivity index (χ3v) is 10.3. The molecule has 0 spiro atoms. The fraction of sp³-hybridized carbons (Fsp3) is 0.696. The summed E-state index contributed by atoms with van der Waals surface area (Å²) in [5.41, 5.74) is 1.54. The maximum atomic E-state index is 12.9. The van der Waals surface area contributed by atoms with E-state index in [1.807, 2.05) is 48.5 Å². The zero-order valence-electron chi connectivity index (χ0n) is 35.5. The van der Waals surface area contributed by atoms with Crippen molar-refractivity contribution >= 4 is 23.2 Å². The predicted octanol–water partition coefficient (Wildman–Crippen LogP) is 11.0. The number of ether oxygens (including phenoxy) is 2. The lowest BCUT2D eigenvalue weighted by Gasteiger charge is -2.34. The second kappa shape index (κ2) is 28.3. The molecular formula is C46H80N4O4+2. The van der Waals surface area contributed by atoms with Gasteiger partial charge in [-0.1, -0.05) is 129 Å². The number of likely N-dealkylation sites (N-methyl/N-ethyl adjacent to an activating group) is 2. The molecule has 8 heteroatoms. The van der Waals surface area contributed by atoms with E-state index in [2.05, 4.69) is 52.7 Å². The Labute approximate surface area is 330 Å². The first-order valence-electron chi connectivity index (χ1n) is 21.7. The summed E-state index contributed by atoms with van der Waals surface area (Å²) in [4.78, 5) is 25.9. The van der Waals surface area contributed by atoms with Crippen molar-refractivity contribution < 1.29 is 28.0 Å². The highest BCUT2D eigenvalue weighted by Gasteiger charge is 2.27. The average Bonchev–Trinajstić information content (AvgIpc) is 3.13. The van der Waals surface area contributed by atoms with Crippen LogP contribution < -0.4 is 20.1 Å². The van der Waals surface area contributed by atoms with E-state index in [1.165, 1.54) is 116 Å². The number of benzene rings is 2. The Balaban J connectivity index is 1.59. The molecule has 2 aromatic rings. The van der Waals surface area contributed by atoms with Crippen molar-refractivity contribution in [1.29, 1.82) is 0 Å².